The number of rotatable bonds is 4. The van der Waals surface area contributed by atoms with E-state index in [-0.39, 0.29) is 5.41 Å². The topological polar surface area (TPSA) is 77.0 Å². The Morgan fingerprint density at radius 3 is 2.55 bits per heavy atom. The van der Waals surface area contributed by atoms with Crippen LogP contribution in [0.5, 0.6) is 0 Å². The number of oxazole rings is 1. The van der Waals surface area contributed by atoms with E-state index in [1.165, 1.54) is 0 Å². The molecule has 2 aromatic heterocycles. The predicted molar refractivity (Wildman–Crippen MR) is 74.2 cm³/mol. The van der Waals surface area contributed by atoms with Crippen LogP contribution in [-0.4, -0.2) is 25.1 Å². The summed E-state index contributed by atoms with van der Waals surface area (Å²) in [4.78, 5) is 4.45. The zero-order valence-corrected chi connectivity index (χ0v) is 12.7. The normalized spacial score (nSPS) is 15.3. The van der Waals surface area contributed by atoms with Crippen LogP contribution in [0.25, 0.3) is 0 Å². The molecule has 0 aliphatic heterocycles. The largest absolute Gasteiger partial charge is 0.448 e. The second-order valence-corrected chi connectivity index (χ2v) is 6.32. The Morgan fingerprint density at radius 2 is 2.00 bits per heavy atom. The predicted octanol–water partition coefficient (Wildman–Crippen LogP) is 2.23. The van der Waals surface area contributed by atoms with Crippen molar-refractivity contribution in [1.82, 2.24) is 20.0 Å². The summed E-state index contributed by atoms with van der Waals surface area (Å²) >= 11 is 0. The van der Waals surface area contributed by atoms with E-state index in [1.807, 2.05) is 6.92 Å². The van der Waals surface area contributed by atoms with Gasteiger partial charge in [0.15, 0.2) is 5.89 Å². The van der Waals surface area contributed by atoms with Crippen LogP contribution in [0.15, 0.2) is 16.9 Å². The van der Waals surface area contributed by atoms with Gasteiger partial charge >= 0.3 is 0 Å². The van der Waals surface area contributed by atoms with Crippen molar-refractivity contribution in [3.63, 3.8) is 0 Å². The third-order valence-corrected chi connectivity index (χ3v) is 3.30. The zero-order chi connectivity index (χ0) is 15.0. The minimum Gasteiger partial charge on any atom is -0.448 e. The molecule has 2 rings (SSSR count). The zero-order valence-electron chi connectivity index (χ0n) is 12.7. The van der Waals surface area contributed by atoms with Gasteiger partial charge in [-0.15, -0.1) is 5.10 Å². The standard InChI is InChI=1S/C14H22N4O2/c1-6-14(5,19)11-8-18(17-16-11)7-10-9-20-12(15-10)13(2,3)4/h8-9,19H,6-7H2,1-5H3/t14-/m0/s1. The Labute approximate surface area is 118 Å². The minimum atomic E-state index is -0.946. The van der Waals surface area contributed by atoms with E-state index in [0.29, 0.717) is 24.6 Å². The van der Waals surface area contributed by atoms with Crippen LogP contribution < -0.4 is 0 Å². The van der Waals surface area contributed by atoms with Gasteiger partial charge in [-0.3, -0.25) is 0 Å². The number of aliphatic hydroxyl groups is 1. The molecule has 0 amide bonds. The Bertz CT molecular complexity index is 578. The summed E-state index contributed by atoms with van der Waals surface area (Å²) in [5, 5.41) is 18.2. The Balaban J connectivity index is 2.13. The molecule has 1 atom stereocenters. The fourth-order valence-corrected chi connectivity index (χ4v) is 1.69. The van der Waals surface area contributed by atoms with Crippen LogP contribution in [-0.2, 0) is 17.6 Å². The van der Waals surface area contributed by atoms with Crippen molar-refractivity contribution in [3.05, 3.63) is 29.7 Å². The van der Waals surface area contributed by atoms with Crippen LogP contribution in [0.2, 0.25) is 0 Å². The smallest absolute Gasteiger partial charge is 0.199 e. The van der Waals surface area contributed by atoms with E-state index in [0.717, 1.165) is 5.69 Å². The molecular formula is C14H22N4O2. The van der Waals surface area contributed by atoms with Crippen molar-refractivity contribution in [1.29, 1.82) is 0 Å². The van der Waals surface area contributed by atoms with Crippen LogP contribution in [0.4, 0.5) is 0 Å². The first-order chi connectivity index (χ1) is 9.22. The van der Waals surface area contributed by atoms with E-state index in [2.05, 4.69) is 36.1 Å². The maximum atomic E-state index is 10.1. The fraction of sp³-hybridized carbons (Fsp3) is 0.643. The summed E-state index contributed by atoms with van der Waals surface area (Å²) in [6.45, 7) is 10.3. The summed E-state index contributed by atoms with van der Waals surface area (Å²) in [5.41, 5.74) is 0.304. The quantitative estimate of drug-likeness (QED) is 0.928. The molecule has 6 nitrogen and oxygen atoms in total. The maximum absolute atomic E-state index is 10.1. The van der Waals surface area contributed by atoms with E-state index >= 15 is 0 Å². The van der Waals surface area contributed by atoms with Gasteiger partial charge in [0.1, 0.15) is 23.3 Å². The third kappa shape index (κ3) is 3.07. The summed E-state index contributed by atoms with van der Waals surface area (Å²) in [7, 11) is 0. The van der Waals surface area contributed by atoms with Gasteiger partial charge in [0.2, 0.25) is 0 Å². The molecule has 0 fully saturated rings. The fourth-order valence-electron chi connectivity index (χ4n) is 1.69. The van der Waals surface area contributed by atoms with E-state index < -0.39 is 5.60 Å². The highest BCUT2D eigenvalue weighted by Gasteiger charge is 2.25. The summed E-state index contributed by atoms with van der Waals surface area (Å²) in [6, 6.07) is 0. The molecule has 0 saturated heterocycles. The van der Waals surface area contributed by atoms with Gasteiger partial charge in [-0.2, -0.15) is 0 Å². The molecule has 1 N–H and O–H groups in total. The molecule has 6 heteroatoms. The second kappa shape index (κ2) is 5.01. The molecule has 0 aliphatic rings. The lowest BCUT2D eigenvalue weighted by Crippen LogP contribution is -2.20. The number of nitrogens with zero attached hydrogens (tertiary/aromatic N) is 4. The molecule has 0 radical (unpaired) electrons. The molecular weight excluding hydrogens is 256 g/mol. The van der Waals surface area contributed by atoms with Crippen LogP contribution in [0.1, 0.15) is 58.3 Å². The highest BCUT2D eigenvalue weighted by atomic mass is 16.3. The molecule has 0 bridgehead atoms. The average molecular weight is 278 g/mol. The van der Waals surface area contributed by atoms with E-state index in [9.17, 15) is 5.11 Å². The lowest BCUT2D eigenvalue weighted by Gasteiger charge is -2.16. The molecule has 0 saturated carbocycles. The lowest BCUT2D eigenvalue weighted by molar-refractivity contribution is 0.0484. The first kappa shape index (κ1) is 14.7. The van der Waals surface area contributed by atoms with Gasteiger partial charge < -0.3 is 9.52 Å². The van der Waals surface area contributed by atoms with Crippen molar-refractivity contribution in [2.45, 2.75) is 58.6 Å². The lowest BCUT2D eigenvalue weighted by atomic mass is 9.97. The van der Waals surface area contributed by atoms with Gasteiger partial charge in [-0.1, -0.05) is 32.9 Å². The summed E-state index contributed by atoms with van der Waals surface area (Å²) in [6.07, 6.45) is 3.97. The second-order valence-electron chi connectivity index (χ2n) is 6.32. The Hall–Kier alpha value is -1.69. The third-order valence-electron chi connectivity index (χ3n) is 3.30. The van der Waals surface area contributed by atoms with Gasteiger partial charge in [-0.25, -0.2) is 9.67 Å². The van der Waals surface area contributed by atoms with Crippen LogP contribution in [0.3, 0.4) is 0 Å². The van der Waals surface area contributed by atoms with Crippen molar-refractivity contribution in [3.8, 4) is 0 Å². The molecule has 2 heterocycles. The van der Waals surface area contributed by atoms with Crippen molar-refractivity contribution in [2.75, 3.05) is 0 Å². The Kier molecular flexibility index (Phi) is 3.69. The monoisotopic (exact) mass is 278 g/mol. The number of aromatic nitrogens is 4. The number of hydrogen-bond acceptors (Lipinski definition) is 5. The molecule has 110 valence electrons. The van der Waals surface area contributed by atoms with Crippen LogP contribution >= 0.6 is 0 Å². The highest BCUT2D eigenvalue weighted by Crippen LogP contribution is 2.23. The first-order valence-electron chi connectivity index (χ1n) is 6.80. The SMILES string of the molecule is CC[C@](C)(O)c1cn(Cc2coc(C(C)(C)C)n2)nn1. The molecule has 0 aliphatic carbocycles. The summed E-state index contributed by atoms with van der Waals surface area (Å²) in [5.74, 6) is 0.702. The minimum absolute atomic E-state index is 0.113. The highest BCUT2D eigenvalue weighted by molar-refractivity contribution is 5.07. The van der Waals surface area contributed by atoms with Gasteiger partial charge in [-0.05, 0) is 13.3 Å². The molecule has 20 heavy (non-hydrogen) atoms. The summed E-state index contributed by atoms with van der Waals surface area (Å²) < 4.78 is 7.13. The molecule has 0 aromatic carbocycles. The van der Waals surface area contributed by atoms with Crippen molar-refractivity contribution >= 4 is 0 Å². The maximum Gasteiger partial charge on any atom is 0.199 e. The van der Waals surface area contributed by atoms with Crippen molar-refractivity contribution < 1.29 is 9.52 Å². The van der Waals surface area contributed by atoms with Gasteiger partial charge in [0, 0.05) is 5.41 Å². The van der Waals surface area contributed by atoms with Crippen LogP contribution in [0, 0.1) is 0 Å². The first-order valence-corrected chi connectivity index (χ1v) is 6.80. The molecule has 0 unspecified atom stereocenters. The Morgan fingerprint density at radius 1 is 1.30 bits per heavy atom. The number of hydrogen-bond donors (Lipinski definition) is 1. The van der Waals surface area contributed by atoms with Gasteiger partial charge in [0.25, 0.3) is 0 Å². The van der Waals surface area contributed by atoms with E-state index in [1.54, 1.807) is 24.1 Å². The molecule has 0 spiro atoms. The van der Waals surface area contributed by atoms with Crippen molar-refractivity contribution in [2.24, 2.45) is 0 Å². The van der Waals surface area contributed by atoms with Gasteiger partial charge in [0.05, 0.1) is 12.7 Å². The molecule has 2 aromatic rings. The van der Waals surface area contributed by atoms with E-state index in [4.69, 9.17) is 4.42 Å². The average Bonchev–Trinajstić information content (AvgIpc) is 2.98.